The Kier molecular flexibility index (Phi) is 4.56. The lowest BCUT2D eigenvalue weighted by Gasteiger charge is -2.08. The maximum Gasteiger partial charge on any atom is 0.306 e. The van der Waals surface area contributed by atoms with Crippen LogP contribution in [0.3, 0.4) is 0 Å². The summed E-state index contributed by atoms with van der Waals surface area (Å²) in [5.74, 6) is -0.251. The number of nitrogens with one attached hydrogen (secondary N) is 1. The van der Waals surface area contributed by atoms with Gasteiger partial charge >= 0.3 is 5.97 Å². The number of esters is 1. The molecule has 106 valence electrons. The van der Waals surface area contributed by atoms with E-state index in [9.17, 15) is 9.59 Å². The van der Waals surface area contributed by atoms with Gasteiger partial charge in [0.15, 0.2) is 5.43 Å². The van der Waals surface area contributed by atoms with Gasteiger partial charge in [-0.15, -0.1) is 0 Å². The highest BCUT2D eigenvalue weighted by Gasteiger charge is 2.11. The monoisotopic (exact) mass is 273 g/mol. The van der Waals surface area contributed by atoms with Crippen molar-refractivity contribution >= 4 is 16.9 Å². The Hall–Kier alpha value is -2.10. The summed E-state index contributed by atoms with van der Waals surface area (Å²) in [6.07, 6.45) is 1.46. The third kappa shape index (κ3) is 3.07. The molecule has 0 atom stereocenters. The molecule has 0 aliphatic rings. The maximum atomic E-state index is 12.4. The maximum absolute atomic E-state index is 12.4. The van der Waals surface area contributed by atoms with Crippen molar-refractivity contribution in [3.63, 3.8) is 0 Å². The van der Waals surface area contributed by atoms with Crippen LogP contribution in [0, 0.1) is 6.92 Å². The fourth-order valence-corrected chi connectivity index (χ4v) is 2.22. The summed E-state index contributed by atoms with van der Waals surface area (Å²) in [5, 5.41) is 0.662. The van der Waals surface area contributed by atoms with E-state index in [1.165, 1.54) is 0 Å². The molecule has 0 saturated heterocycles. The largest absolute Gasteiger partial charge is 0.466 e. The highest BCUT2D eigenvalue weighted by molar-refractivity contribution is 5.79. The van der Waals surface area contributed by atoms with Crippen molar-refractivity contribution in [1.29, 1.82) is 0 Å². The third-order valence-electron chi connectivity index (χ3n) is 3.27. The number of ether oxygens (including phenoxy) is 1. The van der Waals surface area contributed by atoms with Gasteiger partial charge in [0.25, 0.3) is 0 Å². The minimum Gasteiger partial charge on any atom is -0.466 e. The number of rotatable bonds is 5. The van der Waals surface area contributed by atoms with Gasteiger partial charge in [0.1, 0.15) is 0 Å². The zero-order valence-corrected chi connectivity index (χ0v) is 11.9. The second-order valence-corrected chi connectivity index (χ2v) is 4.82. The van der Waals surface area contributed by atoms with Gasteiger partial charge in [-0.1, -0.05) is 19.1 Å². The second kappa shape index (κ2) is 6.37. The van der Waals surface area contributed by atoms with E-state index in [4.69, 9.17) is 4.74 Å². The van der Waals surface area contributed by atoms with E-state index in [-0.39, 0.29) is 17.8 Å². The van der Waals surface area contributed by atoms with Crippen LogP contribution in [0.4, 0.5) is 0 Å². The summed E-state index contributed by atoms with van der Waals surface area (Å²) in [7, 11) is 0. The molecule has 20 heavy (non-hydrogen) atoms. The van der Waals surface area contributed by atoms with Gasteiger partial charge in [0.2, 0.25) is 0 Å². The van der Waals surface area contributed by atoms with Crippen molar-refractivity contribution in [3.05, 3.63) is 45.7 Å². The first-order valence-electron chi connectivity index (χ1n) is 6.89. The van der Waals surface area contributed by atoms with Crippen molar-refractivity contribution in [3.8, 4) is 0 Å². The molecule has 2 aromatic rings. The number of para-hydroxylation sites is 1. The molecule has 4 nitrogen and oxygen atoms in total. The molecule has 0 saturated carbocycles. The Morgan fingerprint density at radius 3 is 2.80 bits per heavy atom. The molecular weight excluding hydrogens is 254 g/mol. The first-order valence-corrected chi connectivity index (χ1v) is 6.89. The van der Waals surface area contributed by atoms with E-state index in [2.05, 4.69) is 4.98 Å². The number of pyridine rings is 1. The molecule has 1 aromatic carbocycles. The number of fused-ring (bicyclic) bond motifs is 1. The van der Waals surface area contributed by atoms with Gasteiger partial charge in [-0.25, -0.2) is 0 Å². The summed E-state index contributed by atoms with van der Waals surface area (Å²) in [4.78, 5) is 27.1. The molecule has 0 bridgehead atoms. The lowest BCUT2D eigenvalue weighted by atomic mass is 10.0. The second-order valence-electron chi connectivity index (χ2n) is 4.82. The van der Waals surface area contributed by atoms with Gasteiger partial charge in [0, 0.05) is 28.6 Å². The van der Waals surface area contributed by atoms with Crippen LogP contribution in [0.5, 0.6) is 0 Å². The van der Waals surface area contributed by atoms with Gasteiger partial charge in [-0.3, -0.25) is 9.59 Å². The lowest BCUT2D eigenvalue weighted by Crippen LogP contribution is -2.16. The van der Waals surface area contributed by atoms with Crippen LogP contribution in [0.15, 0.2) is 29.1 Å². The zero-order valence-electron chi connectivity index (χ0n) is 11.9. The summed E-state index contributed by atoms with van der Waals surface area (Å²) >= 11 is 0. The summed E-state index contributed by atoms with van der Waals surface area (Å²) in [6, 6.07) is 7.40. The summed E-state index contributed by atoms with van der Waals surface area (Å²) < 4.78 is 5.03. The number of carbonyl (C=O) groups excluding carboxylic acids is 1. The minimum atomic E-state index is -0.251. The van der Waals surface area contributed by atoms with Crippen molar-refractivity contribution in [2.24, 2.45) is 0 Å². The number of H-pyrrole nitrogens is 1. The van der Waals surface area contributed by atoms with Crippen molar-refractivity contribution in [2.75, 3.05) is 6.61 Å². The Balaban J connectivity index is 2.22. The SMILES string of the molecule is CCCOC(=O)CCc1c(C)[nH]c2ccccc2c1=O. The van der Waals surface area contributed by atoms with Crippen LogP contribution in [-0.4, -0.2) is 17.6 Å². The third-order valence-corrected chi connectivity index (χ3v) is 3.27. The molecular formula is C16H19NO3. The fraction of sp³-hybridized carbons (Fsp3) is 0.375. The van der Waals surface area contributed by atoms with Crippen molar-refractivity contribution < 1.29 is 9.53 Å². The van der Waals surface area contributed by atoms with Crippen LogP contribution in [-0.2, 0) is 16.0 Å². The molecule has 2 rings (SSSR count). The number of aromatic amines is 1. The highest BCUT2D eigenvalue weighted by Crippen LogP contribution is 2.12. The highest BCUT2D eigenvalue weighted by atomic mass is 16.5. The van der Waals surface area contributed by atoms with Crippen LogP contribution < -0.4 is 5.43 Å². The van der Waals surface area contributed by atoms with E-state index < -0.39 is 0 Å². The van der Waals surface area contributed by atoms with Crippen molar-refractivity contribution in [2.45, 2.75) is 33.1 Å². The number of hydrogen-bond acceptors (Lipinski definition) is 3. The number of aromatic nitrogens is 1. The average Bonchev–Trinajstić information content (AvgIpc) is 2.45. The summed E-state index contributed by atoms with van der Waals surface area (Å²) in [5.41, 5.74) is 2.31. The van der Waals surface area contributed by atoms with E-state index in [1.807, 2.05) is 32.0 Å². The standard InChI is InChI=1S/C16H19NO3/c1-3-10-20-15(18)9-8-12-11(2)17-14-7-5-4-6-13(14)16(12)19/h4-7H,3,8-10H2,1-2H3,(H,17,19). The van der Waals surface area contributed by atoms with E-state index >= 15 is 0 Å². The minimum absolute atomic E-state index is 0.000131. The van der Waals surface area contributed by atoms with Crippen LogP contribution in [0.25, 0.3) is 10.9 Å². The predicted molar refractivity (Wildman–Crippen MR) is 78.9 cm³/mol. The van der Waals surface area contributed by atoms with E-state index in [1.54, 1.807) is 6.07 Å². The van der Waals surface area contributed by atoms with Crippen LogP contribution in [0.1, 0.15) is 31.0 Å². The van der Waals surface area contributed by atoms with Gasteiger partial charge in [-0.05, 0) is 31.9 Å². The molecule has 0 amide bonds. The number of aryl methyl sites for hydroxylation is 1. The molecule has 1 heterocycles. The fourth-order valence-electron chi connectivity index (χ4n) is 2.22. The zero-order chi connectivity index (χ0) is 14.5. The first kappa shape index (κ1) is 14.3. The Labute approximate surface area is 117 Å². The quantitative estimate of drug-likeness (QED) is 0.852. The Morgan fingerprint density at radius 2 is 2.05 bits per heavy atom. The molecule has 1 aromatic heterocycles. The van der Waals surface area contributed by atoms with E-state index in [0.717, 1.165) is 17.6 Å². The van der Waals surface area contributed by atoms with Crippen LogP contribution >= 0.6 is 0 Å². The molecule has 0 unspecified atom stereocenters. The molecule has 4 heteroatoms. The Morgan fingerprint density at radius 1 is 1.30 bits per heavy atom. The topological polar surface area (TPSA) is 59.2 Å². The molecule has 0 aliphatic carbocycles. The van der Waals surface area contributed by atoms with Gasteiger partial charge in [-0.2, -0.15) is 0 Å². The molecule has 0 spiro atoms. The Bertz CT molecular complexity index is 673. The number of benzene rings is 1. The molecule has 0 aliphatic heterocycles. The smallest absolute Gasteiger partial charge is 0.306 e. The number of carbonyl (C=O) groups is 1. The predicted octanol–water partition coefficient (Wildman–Crippen LogP) is 2.72. The molecule has 0 fully saturated rings. The van der Waals surface area contributed by atoms with Gasteiger partial charge in [0.05, 0.1) is 6.61 Å². The molecule has 1 N–H and O–H groups in total. The van der Waals surface area contributed by atoms with Crippen LogP contribution in [0.2, 0.25) is 0 Å². The summed E-state index contributed by atoms with van der Waals surface area (Å²) in [6.45, 7) is 4.25. The lowest BCUT2D eigenvalue weighted by molar-refractivity contribution is -0.143. The average molecular weight is 273 g/mol. The van der Waals surface area contributed by atoms with Gasteiger partial charge < -0.3 is 9.72 Å². The number of hydrogen-bond donors (Lipinski definition) is 1. The molecule has 0 radical (unpaired) electrons. The normalized spacial score (nSPS) is 10.7. The first-order chi connectivity index (χ1) is 9.63. The van der Waals surface area contributed by atoms with E-state index in [0.29, 0.717) is 24.0 Å². The van der Waals surface area contributed by atoms with Crippen molar-refractivity contribution in [1.82, 2.24) is 4.98 Å².